The smallest absolute Gasteiger partial charge is 0.345 e. The maximum absolute atomic E-state index is 10.9. The Labute approximate surface area is 112 Å². The fraction of sp³-hybridized carbons (Fsp3) is 0.615. The van der Waals surface area contributed by atoms with E-state index in [-0.39, 0.29) is 5.54 Å². The number of carboxylic acid groups (broad SMARTS) is 1. The van der Waals surface area contributed by atoms with Gasteiger partial charge in [-0.25, -0.2) is 4.79 Å². The van der Waals surface area contributed by atoms with Crippen LogP contribution in [-0.2, 0) is 0 Å². The molecule has 1 aromatic heterocycles. The summed E-state index contributed by atoms with van der Waals surface area (Å²) in [4.78, 5) is 16.0. The van der Waals surface area contributed by atoms with Gasteiger partial charge in [0.25, 0.3) is 0 Å². The Morgan fingerprint density at radius 1 is 1.28 bits per heavy atom. The minimum absolute atomic E-state index is 0.215. The molecule has 0 radical (unpaired) electrons. The highest BCUT2D eigenvalue weighted by molar-refractivity contribution is 7.12. The van der Waals surface area contributed by atoms with Gasteiger partial charge in [-0.1, -0.05) is 0 Å². The minimum atomic E-state index is -0.834. The lowest BCUT2D eigenvalue weighted by atomic mass is 10.0. The van der Waals surface area contributed by atoms with Crippen LogP contribution in [0.4, 0.5) is 5.69 Å². The fourth-order valence-electron chi connectivity index (χ4n) is 2.24. The highest BCUT2D eigenvalue weighted by atomic mass is 32.1. The Morgan fingerprint density at radius 3 is 2.33 bits per heavy atom. The van der Waals surface area contributed by atoms with E-state index in [9.17, 15) is 4.79 Å². The van der Waals surface area contributed by atoms with Crippen molar-refractivity contribution in [3.05, 3.63) is 16.3 Å². The average Bonchev–Trinajstić information content (AvgIpc) is 2.77. The lowest BCUT2D eigenvalue weighted by Crippen LogP contribution is -2.53. The molecule has 1 fully saturated rings. The molecule has 1 N–H and O–H groups in total. The lowest BCUT2D eigenvalue weighted by molar-refractivity contribution is 0.0702. The molecule has 0 amide bonds. The average molecular weight is 268 g/mol. The molecule has 5 heteroatoms. The number of nitrogens with zero attached hydrogens (tertiary/aromatic N) is 2. The van der Waals surface area contributed by atoms with Gasteiger partial charge in [0.2, 0.25) is 0 Å². The molecule has 0 atom stereocenters. The van der Waals surface area contributed by atoms with Gasteiger partial charge in [-0.05, 0) is 26.8 Å². The van der Waals surface area contributed by atoms with Crippen molar-refractivity contribution >= 4 is 23.0 Å². The first-order valence-electron chi connectivity index (χ1n) is 6.20. The molecule has 2 heterocycles. The van der Waals surface area contributed by atoms with Gasteiger partial charge >= 0.3 is 5.97 Å². The molecule has 1 aromatic rings. The molecule has 100 valence electrons. The summed E-state index contributed by atoms with van der Waals surface area (Å²) in [6.45, 7) is 10.7. The van der Waals surface area contributed by atoms with Crippen molar-refractivity contribution in [2.45, 2.75) is 26.3 Å². The number of hydrogen-bond acceptors (Lipinski definition) is 4. The Hall–Kier alpha value is -1.07. The Bertz CT molecular complexity index is 428. The first-order chi connectivity index (χ1) is 8.38. The lowest BCUT2D eigenvalue weighted by Gasteiger charge is -2.42. The summed E-state index contributed by atoms with van der Waals surface area (Å²) in [5, 5.41) is 10.9. The predicted molar refractivity (Wildman–Crippen MR) is 74.8 cm³/mol. The van der Waals surface area contributed by atoms with Crippen molar-refractivity contribution in [1.29, 1.82) is 0 Å². The normalized spacial score (nSPS) is 18.1. The summed E-state index contributed by atoms with van der Waals surface area (Å²) in [5.41, 5.74) is 1.26. The predicted octanol–water partition coefficient (Wildman–Crippen LogP) is 2.37. The van der Waals surface area contributed by atoms with Crippen molar-refractivity contribution in [3.63, 3.8) is 0 Å². The maximum atomic E-state index is 10.9. The van der Waals surface area contributed by atoms with Gasteiger partial charge in [-0.3, -0.25) is 4.90 Å². The van der Waals surface area contributed by atoms with Crippen molar-refractivity contribution < 1.29 is 9.90 Å². The molecule has 0 bridgehead atoms. The van der Waals surface area contributed by atoms with Crippen LogP contribution in [0.5, 0.6) is 0 Å². The molecule has 4 nitrogen and oxygen atoms in total. The number of rotatable bonds is 2. The monoisotopic (exact) mass is 268 g/mol. The third-order valence-electron chi connectivity index (χ3n) is 3.39. The zero-order valence-electron chi connectivity index (χ0n) is 11.1. The van der Waals surface area contributed by atoms with E-state index in [0.717, 1.165) is 31.9 Å². The third kappa shape index (κ3) is 2.84. The molecular formula is C13H20N2O2S. The van der Waals surface area contributed by atoms with E-state index < -0.39 is 5.97 Å². The van der Waals surface area contributed by atoms with Gasteiger partial charge in [-0.15, -0.1) is 11.3 Å². The molecule has 0 unspecified atom stereocenters. The number of piperazine rings is 1. The molecule has 0 aliphatic carbocycles. The highest BCUT2D eigenvalue weighted by Crippen LogP contribution is 2.25. The molecule has 1 saturated heterocycles. The number of anilines is 1. The molecular weight excluding hydrogens is 248 g/mol. The second-order valence-electron chi connectivity index (χ2n) is 5.62. The van der Waals surface area contributed by atoms with Gasteiger partial charge in [-0.2, -0.15) is 0 Å². The van der Waals surface area contributed by atoms with Gasteiger partial charge in [0.15, 0.2) is 0 Å². The summed E-state index contributed by atoms with van der Waals surface area (Å²) in [5.74, 6) is -0.834. The molecule has 1 aliphatic heterocycles. The van der Waals surface area contributed by atoms with Crippen LogP contribution in [0.3, 0.4) is 0 Å². The number of aromatic carboxylic acids is 1. The standard InChI is InChI=1S/C13H20N2O2S/c1-13(2,3)15-6-4-14(5-7-15)10-8-11(12(16)17)18-9-10/h8-9H,4-7H2,1-3H3,(H,16,17). The highest BCUT2D eigenvalue weighted by Gasteiger charge is 2.26. The van der Waals surface area contributed by atoms with E-state index >= 15 is 0 Å². The van der Waals surface area contributed by atoms with Crippen LogP contribution < -0.4 is 4.90 Å². The molecule has 1 aliphatic rings. The van der Waals surface area contributed by atoms with Gasteiger partial charge in [0.05, 0.1) is 0 Å². The van der Waals surface area contributed by atoms with Crippen molar-refractivity contribution in [1.82, 2.24) is 4.90 Å². The molecule has 2 rings (SSSR count). The first kappa shape index (κ1) is 13.4. The van der Waals surface area contributed by atoms with Crippen molar-refractivity contribution in [2.24, 2.45) is 0 Å². The van der Waals surface area contributed by atoms with E-state index in [1.807, 2.05) is 5.38 Å². The third-order valence-corrected chi connectivity index (χ3v) is 4.30. The van der Waals surface area contributed by atoms with Crippen LogP contribution >= 0.6 is 11.3 Å². The molecule has 0 spiro atoms. The van der Waals surface area contributed by atoms with Crippen molar-refractivity contribution in [2.75, 3.05) is 31.1 Å². The van der Waals surface area contributed by atoms with Crippen LogP contribution in [0.15, 0.2) is 11.4 Å². The van der Waals surface area contributed by atoms with Crippen LogP contribution in [0.1, 0.15) is 30.4 Å². The summed E-state index contributed by atoms with van der Waals surface area (Å²) in [6.07, 6.45) is 0. The fourth-order valence-corrected chi connectivity index (χ4v) is 2.99. The van der Waals surface area contributed by atoms with Crippen LogP contribution in [0, 0.1) is 0 Å². The minimum Gasteiger partial charge on any atom is -0.477 e. The second kappa shape index (κ2) is 4.90. The van der Waals surface area contributed by atoms with E-state index in [4.69, 9.17) is 5.11 Å². The Balaban J connectivity index is 1.99. The van der Waals surface area contributed by atoms with Gasteiger partial charge in [0, 0.05) is 42.8 Å². The summed E-state index contributed by atoms with van der Waals surface area (Å²) < 4.78 is 0. The van der Waals surface area contributed by atoms with Crippen LogP contribution in [-0.4, -0.2) is 47.7 Å². The van der Waals surface area contributed by atoms with E-state index in [1.54, 1.807) is 6.07 Å². The second-order valence-corrected chi connectivity index (χ2v) is 6.53. The number of hydrogen-bond donors (Lipinski definition) is 1. The summed E-state index contributed by atoms with van der Waals surface area (Å²) in [7, 11) is 0. The molecule has 0 aromatic carbocycles. The topological polar surface area (TPSA) is 43.8 Å². The van der Waals surface area contributed by atoms with Crippen LogP contribution in [0.2, 0.25) is 0 Å². The molecule has 18 heavy (non-hydrogen) atoms. The Morgan fingerprint density at radius 2 is 1.89 bits per heavy atom. The number of thiophene rings is 1. The summed E-state index contributed by atoms with van der Waals surface area (Å²) >= 11 is 1.30. The first-order valence-corrected chi connectivity index (χ1v) is 7.08. The summed E-state index contributed by atoms with van der Waals surface area (Å²) in [6, 6.07) is 1.78. The zero-order chi connectivity index (χ0) is 13.3. The molecule has 0 saturated carbocycles. The van der Waals surface area contributed by atoms with E-state index in [0.29, 0.717) is 4.88 Å². The number of carboxylic acids is 1. The van der Waals surface area contributed by atoms with Crippen molar-refractivity contribution in [3.8, 4) is 0 Å². The Kier molecular flexibility index (Phi) is 3.64. The quantitative estimate of drug-likeness (QED) is 0.894. The zero-order valence-corrected chi connectivity index (χ0v) is 12.0. The maximum Gasteiger partial charge on any atom is 0.345 e. The van der Waals surface area contributed by atoms with Crippen LogP contribution in [0.25, 0.3) is 0 Å². The van der Waals surface area contributed by atoms with E-state index in [2.05, 4.69) is 30.6 Å². The van der Waals surface area contributed by atoms with Gasteiger partial charge < -0.3 is 10.0 Å². The van der Waals surface area contributed by atoms with E-state index in [1.165, 1.54) is 11.3 Å². The largest absolute Gasteiger partial charge is 0.477 e. The van der Waals surface area contributed by atoms with Gasteiger partial charge in [0.1, 0.15) is 4.88 Å². The SMILES string of the molecule is CC(C)(C)N1CCN(c2csc(C(=O)O)c2)CC1. The number of carbonyl (C=O) groups is 1.